The molecule has 0 aliphatic rings. The van der Waals surface area contributed by atoms with Crippen LogP contribution in [0.15, 0.2) is 0 Å². The molecule has 0 aliphatic heterocycles. The van der Waals surface area contributed by atoms with Crippen LogP contribution in [0.4, 0.5) is 0 Å². The van der Waals surface area contributed by atoms with Crippen LogP contribution in [0.2, 0.25) is 0 Å². The number of ether oxygens (including phenoxy) is 1. The number of aliphatic hydroxyl groups excluding tert-OH is 2. The van der Waals surface area contributed by atoms with Crippen molar-refractivity contribution in [1.82, 2.24) is 0 Å². The second kappa shape index (κ2) is 10.4. The van der Waals surface area contributed by atoms with E-state index in [9.17, 15) is 15.5 Å². The van der Waals surface area contributed by atoms with Crippen LogP contribution in [0.1, 0.15) is 52.4 Å². The number of unbranched alkanes of at least 4 members (excludes halogenated alkanes) is 4. The molecule has 109 valence electrons. The van der Waals surface area contributed by atoms with Crippen molar-refractivity contribution in [2.45, 2.75) is 63.0 Å². The zero-order valence-corrected chi connectivity index (χ0v) is 13.6. The van der Waals surface area contributed by atoms with Crippen molar-refractivity contribution in [2.24, 2.45) is 0 Å². The van der Waals surface area contributed by atoms with Gasteiger partial charge in [-0.05, 0) is 13.3 Å². The van der Waals surface area contributed by atoms with Gasteiger partial charge < -0.3 is 14.9 Å². The van der Waals surface area contributed by atoms with E-state index >= 15 is 0 Å². The summed E-state index contributed by atoms with van der Waals surface area (Å²) in [4.78, 5) is 0. The van der Waals surface area contributed by atoms with Gasteiger partial charge in [0.2, 0.25) is 6.29 Å². The molecule has 0 aliphatic carbocycles. The van der Waals surface area contributed by atoms with Crippen LogP contribution in [0.5, 0.6) is 0 Å². The Labute approximate surface area is 123 Å². The minimum Gasteiger partial charge on any atom is -0.513 e. The number of rotatable bonds is 10. The van der Waals surface area contributed by atoms with Gasteiger partial charge in [0.05, 0.1) is 6.07 Å². The highest BCUT2D eigenvalue weighted by Crippen LogP contribution is 2.20. The molecule has 19 heavy (non-hydrogen) atoms. The quantitative estimate of drug-likeness (QED) is 0.250. The fraction of sp³-hybridized carbons (Fsp3) is 0.846. The predicted octanol–water partition coefficient (Wildman–Crippen LogP) is 2.06. The first-order chi connectivity index (χ1) is 8.99. The van der Waals surface area contributed by atoms with Crippen molar-refractivity contribution in [1.29, 1.82) is 5.26 Å². The summed E-state index contributed by atoms with van der Waals surface area (Å²) >= 11 is 4.35. The Morgan fingerprint density at radius 2 is 2.00 bits per heavy atom. The largest absolute Gasteiger partial charge is 0.513 e. The summed E-state index contributed by atoms with van der Waals surface area (Å²) in [6, 6.07) is 2.13. The number of hydrogen-bond acceptors (Lipinski definition) is 5. The maximum absolute atomic E-state index is 9.71. The number of aliphatic hydroxyl groups is 2. The van der Waals surface area contributed by atoms with Crippen molar-refractivity contribution in [3.05, 3.63) is 0 Å². The van der Waals surface area contributed by atoms with Gasteiger partial charge in [0.1, 0.15) is 18.9 Å². The van der Waals surface area contributed by atoms with E-state index in [1.165, 1.54) is 12.8 Å². The molecule has 0 bridgehead atoms. The smallest absolute Gasteiger partial charge is 0.208 e. The topological polar surface area (TPSA) is 73.5 Å². The monoisotopic (exact) mass is 302 g/mol. The van der Waals surface area contributed by atoms with Crippen molar-refractivity contribution in [2.75, 3.05) is 6.61 Å². The van der Waals surface area contributed by atoms with Gasteiger partial charge in [0, 0.05) is 6.61 Å². The Morgan fingerprint density at radius 3 is 2.53 bits per heavy atom. The van der Waals surface area contributed by atoms with E-state index < -0.39 is 10.7 Å². The molecule has 0 aromatic carbocycles. The molecule has 0 spiro atoms. The summed E-state index contributed by atoms with van der Waals surface area (Å²) in [5, 5.41) is 28.2. The highest BCUT2D eigenvalue weighted by Gasteiger charge is 2.25. The molecule has 0 saturated carbocycles. The fourth-order valence-electron chi connectivity index (χ4n) is 1.64. The molecular weight excluding hydrogens is 278 g/mol. The Bertz CT molecular complexity index is 320. The number of nitrogens with zero attached hydrogens (tertiary/aromatic N) is 1. The van der Waals surface area contributed by atoms with Crippen LogP contribution in [0.3, 0.4) is 0 Å². The van der Waals surface area contributed by atoms with E-state index in [0.717, 1.165) is 19.3 Å². The molecule has 0 fully saturated rings. The third kappa shape index (κ3) is 8.42. The Kier molecular flexibility index (Phi) is 10.2. The van der Waals surface area contributed by atoms with Crippen LogP contribution in [-0.4, -0.2) is 42.0 Å². The molecule has 0 rings (SSSR count). The maximum atomic E-state index is 9.71. The van der Waals surface area contributed by atoms with Crippen molar-refractivity contribution in [3.63, 3.8) is 0 Å². The molecule has 0 amide bonds. The molecular formula is C13H24NO3SSi. The maximum Gasteiger partial charge on any atom is 0.208 e. The average Bonchev–Trinajstić information content (AvgIpc) is 2.38. The van der Waals surface area contributed by atoms with Gasteiger partial charge in [-0.25, -0.2) is 0 Å². The molecule has 2 N–H and O–H groups in total. The molecule has 0 saturated heterocycles. The average molecular weight is 302 g/mol. The first-order valence-corrected chi connectivity index (χ1v) is 8.21. The van der Waals surface area contributed by atoms with Crippen LogP contribution >= 0.6 is 12.6 Å². The van der Waals surface area contributed by atoms with E-state index in [0.29, 0.717) is 13.0 Å². The van der Waals surface area contributed by atoms with Gasteiger partial charge in [-0.15, -0.1) is 0 Å². The van der Waals surface area contributed by atoms with Crippen LogP contribution < -0.4 is 0 Å². The van der Waals surface area contributed by atoms with Crippen LogP contribution in [-0.2, 0) is 4.74 Å². The van der Waals surface area contributed by atoms with E-state index in [4.69, 9.17) is 4.74 Å². The first kappa shape index (κ1) is 18.6. The van der Waals surface area contributed by atoms with Crippen molar-refractivity contribution >= 4 is 27.1 Å². The minimum absolute atomic E-state index is 0.202. The standard InChI is InChI=1S/C13H24NO3SSi/c1-3-5-6-7-8-9-13(18,10-14)19-12(16)11(15)17-4-2/h11,15-16,18H,3-9H2,1-2H3. The van der Waals surface area contributed by atoms with E-state index in [1.54, 1.807) is 6.92 Å². The van der Waals surface area contributed by atoms with E-state index in [1.807, 2.05) is 0 Å². The van der Waals surface area contributed by atoms with Crippen LogP contribution in [0.25, 0.3) is 0 Å². The molecule has 4 nitrogen and oxygen atoms in total. The number of nitriles is 1. The fourth-order valence-corrected chi connectivity index (χ4v) is 3.13. The summed E-state index contributed by atoms with van der Waals surface area (Å²) in [7, 11) is -0.247. The van der Waals surface area contributed by atoms with Gasteiger partial charge in [0.25, 0.3) is 0 Å². The Hall–Kier alpha value is -0.353. The summed E-state index contributed by atoms with van der Waals surface area (Å²) in [6.07, 6.45) is 4.81. The SMILES string of the molecule is CCCCCCCC(S)(C#N)[Si]=C(O)C(O)OCC. The van der Waals surface area contributed by atoms with E-state index in [2.05, 4.69) is 25.6 Å². The number of hydrogen-bond donors (Lipinski definition) is 3. The molecule has 0 aromatic heterocycles. The zero-order chi connectivity index (χ0) is 14.7. The minimum atomic E-state index is -1.32. The predicted molar refractivity (Wildman–Crippen MR) is 81.0 cm³/mol. The molecule has 2 unspecified atom stereocenters. The van der Waals surface area contributed by atoms with Gasteiger partial charge >= 0.3 is 0 Å². The van der Waals surface area contributed by atoms with Crippen LogP contribution in [0, 0.1) is 11.3 Å². The van der Waals surface area contributed by atoms with Crippen molar-refractivity contribution in [3.8, 4) is 6.07 Å². The number of thiol groups is 1. The highest BCUT2D eigenvalue weighted by atomic mass is 32.1. The highest BCUT2D eigenvalue weighted by molar-refractivity contribution is 7.83. The van der Waals surface area contributed by atoms with Gasteiger partial charge in [-0.1, -0.05) is 39.0 Å². The van der Waals surface area contributed by atoms with Gasteiger partial charge in [-0.2, -0.15) is 17.9 Å². The Balaban J connectivity index is 4.35. The Morgan fingerprint density at radius 1 is 1.37 bits per heavy atom. The summed E-state index contributed by atoms with van der Waals surface area (Å²) in [5.41, 5.74) is 0. The lowest BCUT2D eigenvalue weighted by Crippen LogP contribution is -2.34. The lowest BCUT2D eigenvalue weighted by Gasteiger charge is -2.17. The summed E-state index contributed by atoms with van der Waals surface area (Å²) < 4.78 is 3.98. The summed E-state index contributed by atoms with van der Waals surface area (Å²) in [6.45, 7) is 4.19. The molecule has 2 atom stereocenters. The lowest BCUT2D eigenvalue weighted by atomic mass is 10.1. The molecule has 6 heteroatoms. The zero-order valence-electron chi connectivity index (χ0n) is 11.7. The first-order valence-electron chi connectivity index (χ1n) is 6.76. The van der Waals surface area contributed by atoms with Gasteiger partial charge in [0.15, 0.2) is 0 Å². The molecule has 0 aromatic rings. The van der Waals surface area contributed by atoms with Crippen molar-refractivity contribution < 1.29 is 14.9 Å². The lowest BCUT2D eigenvalue weighted by molar-refractivity contribution is -0.0520. The summed E-state index contributed by atoms with van der Waals surface area (Å²) in [5.74, 6) is 0. The second-order valence-corrected chi connectivity index (χ2v) is 7.25. The van der Waals surface area contributed by atoms with E-state index in [-0.39, 0.29) is 14.5 Å². The third-order valence-electron chi connectivity index (χ3n) is 2.72. The molecule has 1 radical (unpaired) electrons. The second-order valence-electron chi connectivity index (χ2n) is 4.45. The third-order valence-corrected chi connectivity index (χ3v) is 4.66. The van der Waals surface area contributed by atoms with Gasteiger partial charge in [-0.3, -0.25) is 0 Å². The molecule has 0 heterocycles. The normalized spacial score (nSPS) is 16.7.